The van der Waals surface area contributed by atoms with Gasteiger partial charge in [-0.15, -0.1) is 0 Å². The number of carbonyl (C=O) groups is 2. The average Bonchev–Trinajstić information content (AvgIpc) is 2.97. The standard InChI is InChI=1S/C15H27NO4/c1-19-12-11-16(10-9-15(18)20-2)14(17)8-7-13-5-3-4-6-13/h13H,3-12H2,1-2H3. The smallest absolute Gasteiger partial charge is 0.307 e. The molecule has 1 aliphatic carbocycles. The van der Waals surface area contributed by atoms with Crippen LogP contribution in [-0.2, 0) is 19.1 Å². The van der Waals surface area contributed by atoms with Crippen molar-refractivity contribution in [1.29, 1.82) is 0 Å². The van der Waals surface area contributed by atoms with Crippen LogP contribution >= 0.6 is 0 Å². The lowest BCUT2D eigenvalue weighted by Gasteiger charge is -2.22. The van der Waals surface area contributed by atoms with Crippen LogP contribution in [0.15, 0.2) is 0 Å². The van der Waals surface area contributed by atoms with E-state index in [1.807, 2.05) is 0 Å². The van der Waals surface area contributed by atoms with Gasteiger partial charge in [-0.05, 0) is 12.3 Å². The molecule has 0 bridgehead atoms. The molecule has 1 aliphatic rings. The van der Waals surface area contributed by atoms with Crippen LogP contribution < -0.4 is 0 Å². The molecule has 0 spiro atoms. The Kier molecular flexibility index (Phi) is 8.26. The SMILES string of the molecule is COCCN(CCC(=O)OC)C(=O)CCC1CCCC1. The minimum Gasteiger partial charge on any atom is -0.469 e. The second kappa shape index (κ2) is 9.75. The van der Waals surface area contributed by atoms with Crippen LogP contribution in [0.2, 0.25) is 0 Å². The molecule has 0 saturated heterocycles. The van der Waals surface area contributed by atoms with Crippen LogP contribution in [0.4, 0.5) is 0 Å². The van der Waals surface area contributed by atoms with Gasteiger partial charge in [-0.25, -0.2) is 0 Å². The van der Waals surface area contributed by atoms with E-state index in [1.165, 1.54) is 32.8 Å². The Morgan fingerprint density at radius 1 is 1.10 bits per heavy atom. The molecule has 0 aromatic heterocycles. The minimum atomic E-state index is -0.281. The zero-order valence-corrected chi connectivity index (χ0v) is 12.7. The monoisotopic (exact) mass is 285 g/mol. The van der Waals surface area contributed by atoms with E-state index in [0.29, 0.717) is 32.0 Å². The number of nitrogens with zero attached hydrogens (tertiary/aromatic N) is 1. The maximum Gasteiger partial charge on any atom is 0.307 e. The van der Waals surface area contributed by atoms with Crippen molar-refractivity contribution < 1.29 is 19.1 Å². The summed E-state index contributed by atoms with van der Waals surface area (Å²) in [7, 11) is 2.98. The largest absolute Gasteiger partial charge is 0.469 e. The highest BCUT2D eigenvalue weighted by atomic mass is 16.5. The molecule has 116 valence electrons. The zero-order chi connectivity index (χ0) is 14.8. The van der Waals surface area contributed by atoms with Crippen LogP contribution in [0.5, 0.6) is 0 Å². The molecule has 1 amide bonds. The third-order valence-electron chi connectivity index (χ3n) is 3.97. The van der Waals surface area contributed by atoms with Gasteiger partial charge in [0, 0.05) is 26.6 Å². The summed E-state index contributed by atoms with van der Waals surface area (Å²) in [6.45, 7) is 1.45. The Morgan fingerprint density at radius 3 is 2.40 bits per heavy atom. The van der Waals surface area contributed by atoms with Gasteiger partial charge in [0.1, 0.15) is 0 Å². The third-order valence-corrected chi connectivity index (χ3v) is 3.97. The molecule has 5 heteroatoms. The average molecular weight is 285 g/mol. The molecule has 0 atom stereocenters. The summed E-state index contributed by atoms with van der Waals surface area (Å²) in [6.07, 6.45) is 6.91. The summed E-state index contributed by atoms with van der Waals surface area (Å²) < 4.78 is 9.64. The van der Waals surface area contributed by atoms with E-state index in [0.717, 1.165) is 6.42 Å². The van der Waals surface area contributed by atoms with Crippen LogP contribution in [0, 0.1) is 5.92 Å². The van der Waals surface area contributed by atoms with Crippen molar-refractivity contribution >= 4 is 11.9 Å². The van der Waals surface area contributed by atoms with Crippen molar-refractivity contribution in [2.45, 2.75) is 44.9 Å². The van der Waals surface area contributed by atoms with Gasteiger partial charge in [-0.2, -0.15) is 0 Å². The Bertz CT molecular complexity index is 300. The van der Waals surface area contributed by atoms with Crippen molar-refractivity contribution in [2.75, 3.05) is 33.9 Å². The van der Waals surface area contributed by atoms with Crippen molar-refractivity contribution in [3.05, 3.63) is 0 Å². The topological polar surface area (TPSA) is 55.8 Å². The summed E-state index contributed by atoms with van der Waals surface area (Å²) in [6, 6.07) is 0. The number of rotatable bonds is 9. The van der Waals surface area contributed by atoms with Gasteiger partial charge in [0.25, 0.3) is 0 Å². The molecule has 0 heterocycles. The molecule has 0 aromatic carbocycles. The lowest BCUT2D eigenvalue weighted by molar-refractivity contribution is -0.142. The van der Waals surface area contributed by atoms with Crippen LogP contribution in [0.25, 0.3) is 0 Å². The van der Waals surface area contributed by atoms with Gasteiger partial charge < -0.3 is 14.4 Å². The van der Waals surface area contributed by atoms with Gasteiger partial charge in [-0.3, -0.25) is 9.59 Å². The summed E-state index contributed by atoms with van der Waals surface area (Å²) in [5.41, 5.74) is 0. The minimum absolute atomic E-state index is 0.123. The van der Waals surface area contributed by atoms with Crippen LogP contribution in [0.1, 0.15) is 44.9 Å². The Hall–Kier alpha value is -1.10. The van der Waals surface area contributed by atoms with E-state index in [2.05, 4.69) is 4.74 Å². The molecular weight excluding hydrogens is 258 g/mol. The van der Waals surface area contributed by atoms with E-state index >= 15 is 0 Å². The fraction of sp³-hybridized carbons (Fsp3) is 0.867. The van der Waals surface area contributed by atoms with Crippen LogP contribution in [0.3, 0.4) is 0 Å². The zero-order valence-electron chi connectivity index (χ0n) is 12.7. The van der Waals surface area contributed by atoms with Crippen molar-refractivity contribution in [2.24, 2.45) is 5.92 Å². The third kappa shape index (κ3) is 6.37. The fourth-order valence-electron chi connectivity index (χ4n) is 2.68. The van der Waals surface area contributed by atoms with E-state index < -0.39 is 0 Å². The maximum atomic E-state index is 12.2. The predicted octanol–water partition coefficient (Wildman–Crippen LogP) is 1.99. The van der Waals surface area contributed by atoms with E-state index in [1.54, 1.807) is 12.0 Å². The number of esters is 1. The molecular formula is C15H27NO4. The predicted molar refractivity (Wildman–Crippen MR) is 76.3 cm³/mol. The summed E-state index contributed by atoms with van der Waals surface area (Å²) in [4.78, 5) is 25.1. The quantitative estimate of drug-likeness (QED) is 0.608. The summed E-state index contributed by atoms with van der Waals surface area (Å²) >= 11 is 0. The Labute approximate surface area is 121 Å². The Morgan fingerprint density at radius 2 is 1.80 bits per heavy atom. The number of amides is 1. The van der Waals surface area contributed by atoms with Gasteiger partial charge >= 0.3 is 5.97 Å². The second-order valence-corrected chi connectivity index (χ2v) is 5.39. The number of methoxy groups -OCH3 is 2. The number of hydrogen-bond acceptors (Lipinski definition) is 4. The molecule has 5 nitrogen and oxygen atoms in total. The molecule has 0 N–H and O–H groups in total. The molecule has 0 aliphatic heterocycles. The maximum absolute atomic E-state index is 12.2. The van der Waals surface area contributed by atoms with E-state index in [9.17, 15) is 9.59 Å². The van der Waals surface area contributed by atoms with Crippen molar-refractivity contribution in [3.63, 3.8) is 0 Å². The molecule has 1 fully saturated rings. The first-order valence-corrected chi connectivity index (χ1v) is 7.51. The lowest BCUT2D eigenvalue weighted by atomic mass is 10.0. The molecule has 0 aromatic rings. The van der Waals surface area contributed by atoms with E-state index in [4.69, 9.17) is 4.74 Å². The molecule has 0 unspecified atom stereocenters. The first kappa shape index (κ1) is 17.0. The number of carbonyl (C=O) groups excluding carboxylic acids is 2. The summed E-state index contributed by atoms with van der Waals surface area (Å²) in [5, 5.41) is 0. The summed E-state index contributed by atoms with van der Waals surface area (Å²) in [5.74, 6) is 0.553. The first-order valence-electron chi connectivity index (χ1n) is 7.51. The number of hydrogen-bond donors (Lipinski definition) is 0. The fourth-order valence-corrected chi connectivity index (χ4v) is 2.68. The van der Waals surface area contributed by atoms with Crippen molar-refractivity contribution in [1.82, 2.24) is 4.90 Å². The normalized spacial score (nSPS) is 15.3. The molecule has 1 saturated carbocycles. The van der Waals surface area contributed by atoms with Gasteiger partial charge in [0.2, 0.25) is 5.91 Å². The highest BCUT2D eigenvalue weighted by Crippen LogP contribution is 2.28. The highest BCUT2D eigenvalue weighted by molar-refractivity contribution is 5.77. The number of ether oxygens (including phenoxy) is 2. The second-order valence-electron chi connectivity index (χ2n) is 5.39. The van der Waals surface area contributed by atoms with Crippen molar-refractivity contribution in [3.8, 4) is 0 Å². The highest BCUT2D eigenvalue weighted by Gasteiger charge is 2.19. The van der Waals surface area contributed by atoms with E-state index in [-0.39, 0.29) is 18.3 Å². The van der Waals surface area contributed by atoms with Crippen LogP contribution in [-0.4, -0.2) is 50.7 Å². The van der Waals surface area contributed by atoms with Gasteiger partial charge in [-0.1, -0.05) is 25.7 Å². The van der Waals surface area contributed by atoms with Gasteiger partial charge in [0.15, 0.2) is 0 Å². The molecule has 1 rings (SSSR count). The Balaban J connectivity index is 2.34. The lowest BCUT2D eigenvalue weighted by Crippen LogP contribution is -2.35. The first-order chi connectivity index (χ1) is 9.67. The molecule has 0 radical (unpaired) electrons. The van der Waals surface area contributed by atoms with Gasteiger partial charge in [0.05, 0.1) is 20.1 Å². The molecule has 20 heavy (non-hydrogen) atoms.